The summed E-state index contributed by atoms with van der Waals surface area (Å²) in [5.74, 6) is 1.19. The Labute approximate surface area is 82.8 Å². The van der Waals surface area contributed by atoms with Crippen LogP contribution in [0.15, 0.2) is 18.6 Å². The van der Waals surface area contributed by atoms with E-state index in [1.807, 2.05) is 10.6 Å². The predicted octanol–water partition coefficient (Wildman–Crippen LogP) is 1.31. The Balaban J connectivity index is 2.61. The van der Waals surface area contributed by atoms with Gasteiger partial charge in [0, 0.05) is 18.9 Å². The van der Waals surface area contributed by atoms with Crippen LogP contribution in [0.25, 0.3) is 5.78 Å². The first-order chi connectivity index (χ1) is 6.72. The van der Waals surface area contributed by atoms with Crippen LogP contribution < -0.4 is 5.73 Å². The molecule has 2 N–H and O–H groups in total. The van der Waals surface area contributed by atoms with E-state index < -0.39 is 0 Å². The van der Waals surface area contributed by atoms with Gasteiger partial charge in [-0.1, -0.05) is 13.8 Å². The highest BCUT2D eigenvalue weighted by molar-refractivity contribution is 5.33. The summed E-state index contributed by atoms with van der Waals surface area (Å²) in [5, 5.41) is 0. The molecular weight excluding hydrogens is 176 g/mol. The van der Waals surface area contributed by atoms with Crippen molar-refractivity contribution in [3.8, 4) is 0 Å². The van der Waals surface area contributed by atoms with Crippen molar-refractivity contribution >= 4 is 5.78 Å². The zero-order valence-electron chi connectivity index (χ0n) is 8.44. The van der Waals surface area contributed by atoms with Crippen molar-refractivity contribution in [2.24, 2.45) is 5.73 Å². The smallest absolute Gasteiger partial charge is 0.233 e. The van der Waals surface area contributed by atoms with Crippen LogP contribution >= 0.6 is 0 Å². The van der Waals surface area contributed by atoms with Gasteiger partial charge in [0.1, 0.15) is 0 Å². The van der Waals surface area contributed by atoms with E-state index in [0.29, 0.717) is 12.5 Å². The fraction of sp³-hybridized carbons (Fsp3) is 0.400. The summed E-state index contributed by atoms with van der Waals surface area (Å²) in [6.45, 7) is 4.77. The molecule has 4 nitrogen and oxygen atoms in total. The van der Waals surface area contributed by atoms with E-state index in [2.05, 4.69) is 30.0 Å². The van der Waals surface area contributed by atoms with Gasteiger partial charge in [-0.2, -0.15) is 0 Å². The van der Waals surface area contributed by atoms with Gasteiger partial charge in [-0.25, -0.2) is 9.97 Å². The first-order valence-electron chi connectivity index (χ1n) is 4.74. The number of imidazole rings is 1. The Morgan fingerprint density at radius 1 is 1.36 bits per heavy atom. The summed E-state index contributed by atoms with van der Waals surface area (Å²) < 4.78 is 1.95. The van der Waals surface area contributed by atoms with Gasteiger partial charge < -0.3 is 5.73 Å². The number of hydrogen-bond donors (Lipinski definition) is 1. The highest BCUT2D eigenvalue weighted by Gasteiger charge is 2.05. The third-order valence-electron chi connectivity index (χ3n) is 2.34. The van der Waals surface area contributed by atoms with E-state index in [1.54, 1.807) is 6.20 Å². The van der Waals surface area contributed by atoms with Crippen LogP contribution in [-0.4, -0.2) is 14.4 Å². The molecule has 0 aromatic carbocycles. The molecule has 2 heterocycles. The van der Waals surface area contributed by atoms with Gasteiger partial charge in [0.05, 0.1) is 11.9 Å². The van der Waals surface area contributed by atoms with Gasteiger partial charge >= 0.3 is 0 Å². The molecule has 0 aliphatic rings. The van der Waals surface area contributed by atoms with Crippen LogP contribution in [0, 0.1) is 0 Å². The zero-order chi connectivity index (χ0) is 10.1. The van der Waals surface area contributed by atoms with Crippen molar-refractivity contribution in [3.05, 3.63) is 29.8 Å². The lowest BCUT2D eigenvalue weighted by Crippen LogP contribution is -2.03. The molecule has 0 amide bonds. The Bertz CT molecular complexity index is 444. The highest BCUT2D eigenvalue weighted by atomic mass is 15.1. The molecule has 0 unspecified atom stereocenters. The molecule has 4 heteroatoms. The molecular formula is C10H14N4. The van der Waals surface area contributed by atoms with Crippen molar-refractivity contribution in [3.63, 3.8) is 0 Å². The SMILES string of the molecule is CC(C)c1cnc2ncc(CN)n2c1. The van der Waals surface area contributed by atoms with E-state index in [0.717, 1.165) is 11.5 Å². The molecule has 0 fully saturated rings. The van der Waals surface area contributed by atoms with E-state index in [-0.39, 0.29) is 0 Å². The zero-order valence-corrected chi connectivity index (χ0v) is 8.44. The first kappa shape index (κ1) is 9.15. The van der Waals surface area contributed by atoms with Crippen molar-refractivity contribution in [1.29, 1.82) is 0 Å². The second-order valence-electron chi connectivity index (χ2n) is 3.67. The number of hydrogen-bond acceptors (Lipinski definition) is 3. The molecule has 2 aromatic heterocycles. The van der Waals surface area contributed by atoms with Crippen LogP contribution in [0.3, 0.4) is 0 Å². The summed E-state index contributed by atoms with van der Waals surface area (Å²) in [6.07, 6.45) is 5.70. The Kier molecular flexibility index (Phi) is 2.21. The average Bonchev–Trinajstić information content (AvgIpc) is 2.59. The quantitative estimate of drug-likeness (QED) is 0.776. The molecule has 0 aliphatic heterocycles. The van der Waals surface area contributed by atoms with Crippen LogP contribution in [0.2, 0.25) is 0 Å². The maximum Gasteiger partial charge on any atom is 0.233 e. The summed E-state index contributed by atoms with van der Waals surface area (Å²) in [7, 11) is 0. The average molecular weight is 190 g/mol. The number of nitrogens with two attached hydrogens (primary N) is 1. The topological polar surface area (TPSA) is 56.2 Å². The minimum absolute atomic E-state index is 0.472. The van der Waals surface area contributed by atoms with Crippen LogP contribution in [0.1, 0.15) is 31.0 Å². The molecule has 0 saturated heterocycles. The van der Waals surface area contributed by atoms with Gasteiger partial charge in [0.25, 0.3) is 0 Å². The molecule has 0 aliphatic carbocycles. The fourth-order valence-electron chi connectivity index (χ4n) is 1.39. The summed E-state index contributed by atoms with van der Waals surface area (Å²) in [5.41, 5.74) is 7.79. The van der Waals surface area contributed by atoms with Crippen LogP contribution in [0.5, 0.6) is 0 Å². The molecule has 0 spiro atoms. The van der Waals surface area contributed by atoms with Gasteiger partial charge in [0.15, 0.2) is 0 Å². The summed E-state index contributed by atoms with van der Waals surface area (Å²) in [6, 6.07) is 0. The van der Waals surface area contributed by atoms with Crippen molar-refractivity contribution < 1.29 is 0 Å². The second-order valence-corrected chi connectivity index (χ2v) is 3.67. The number of fused-ring (bicyclic) bond motifs is 1. The Morgan fingerprint density at radius 3 is 2.71 bits per heavy atom. The Hall–Kier alpha value is -1.42. The van der Waals surface area contributed by atoms with Gasteiger partial charge in [-0.3, -0.25) is 4.40 Å². The maximum absolute atomic E-state index is 5.60. The molecule has 2 aromatic rings. The number of nitrogens with zero attached hydrogens (tertiary/aromatic N) is 3. The minimum atomic E-state index is 0.472. The minimum Gasteiger partial charge on any atom is -0.325 e. The molecule has 2 rings (SSSR count). The summed E-state index contributed by atoms with van der Waals surface area (Å²) >= 11 is 0. The molecule has 74 valence electrons. The van der Waals surface area contributed by atoms with E-state index in [1.165, 1.54) is 5.56 Å². The lowest BCUT2D eigenvalue weighted by molar-refractivity contribution is 0.831. The second kappa shape index (κ2) is 3.38. The van der Waals surface area contributed by atoms with E-state index >= 15 is 0 Å². The largest absolute Gasteiger partial charge is 0.325 e. The normalized spacial score (nSPS) is 11.4. The monoisotopic (exact) mass is 190 g/mol. The Morgan fingerprint density at radius 2 is 2.07 bits per heavy atom. The molecule has 14 heavy (non-hydrogen) atoms. The fourth-order valence-corrected chi connectivity index (χ4v) is 1.39. The number of aromatic nitrogens is 3. The number of rotatable bonds is 2. The van der Waals surface area contributed by atoms with E-state index in [4.69, 9.17) is 5.73 Å². The lowest BCUT2D eigenvalue weighted by Gasteiger charge is -2.05. The van der Waals surface area contributed by atoms with E-state index in [9.17, 15) is 0 Å². The standard InChI is InChI=1S/C10H14N4/c1-7(2)8-4-12-10-13-5-9(3-11)14(10)6-8/h4-7H,3,11H2,1-2H3. The van der Waals surface area contributed by atoms with Crippen molar-refractivity contribution in [2.75, 3.05) is 0 Å². The first-order valence-corrected chi connectivity index (χ1v) is 4.74. The van der Waals surface area contributed by atoms with Gasteiger partial charge in [-0.15, -0.1) is 0 Å². The van der Waals surface area contributed by atoms with Crippen LogP contribution in [-0.2, 0) is 6.54 Å². The molecule has 0 atom stereocenters. The molecule has 0 saturated carbocycles. The lowest BCUT2D eigenvalue weighted by atomic mass is 10.1. The molecule has 0 radical (unpaired) electrons. The summed E-state index contributed by atoms with van der Waals surface area (Å²) in [4.78, 5) is 8.43. The maximum atomic E-state index is 5.60. The predicted molar refractivity (Wildman–Crippen MR) is 55.0 cm³/mol. The van der Waals surface area contributed by atoms with Gasteiger partial charge in [0.2, 0.25) is 5.78 Å². The van der Waals surface area contributed by atoms with Crippen LogP contribution in [0.4, 0.5) is 0 Å². The highest BCUT2D eigenvalue weighted by Crippen LogP contribution is 2.14. The van der Waals surface area contributed by atoms with Crippen molar-refractivity contribution in [2.45, 2.75) is 26.3 Å². The third-order valence-corrected chi connectivity index (χ3v) is 2.34. The third kappa shape index (κ3) is 1.37. The van der Waals surface area contributed by atoms with Gasteiger partial charge in [-0.05, 0) is 11.5 Å². The molecule has 0 bridgehead atoms. The van der Waals surface area contributed by atoms with Crippen molar-refractivity contribution in [1.82, 2.24) is 14.4 Å².